The second-order valence-corrected chi connectivity index (χ2v) is 6.79. The van der Waals surface area contributed by atoms with Crippen molar-refractivity contribution in [1.29, 1.82) is 0 Å². The van der Waals surface area contributed by atoms with Gasteiger partial charge in [0.2, 0.25) is 0 Å². The number of nitrogens with zero attached hydrogens (tertiary/aromatic N) is 2. The molecular weight excluding hydrogens is 304 g/mol. The number of aromatic nitrogens is 3. The zero-order valence-corrected chi connectivity index (χ0v) is 13.8. The van der Waals surface area contributed by atoms with Gasteiger partial charge in [0.05, 0.1) is 0 Å². The number of ether oxygens (including phenoxy) is 1. The smallest absolute Gasteiger partial charge is 0.251 e. The Morgan fingerprint density at radius 3 is 3.00 bits per heavy atom. The third kappa shape index (κ3) is 3.06. The number of rotatable bonds is 5. The maximum absolute atomic E-state index is 12.7. The Labute approximate surface area is 141 Å². The molecule has 6 heteroatoms. The number of nitrogens with one attached hydrogen (secondary N) is 2. The van der Waals surface area contributed by atoms with E-state index < -0.39 is 0 Å². The molecule has 2 aliphatic rings. The molecule has 126 valence electrons. The highest BCUT2D eigenvalue weighted by molar-refractivity contribution is 5.96. The lowest BCUT2D eigenvalue weighted by molar-refractivity contribution is 0.0798. The summed E-state index contributed by atoms with van der Waals surface area (Å²) >= 11 is 0. The molecule has 1 aliphatic carbocycles. The Morgan fingerprint density at radius 2 is 2.25 bits per heavy atom. The zero-order valence-electron chi connectivity index (χ0n) is 13.8. The Kier molecular flexibility index (Phi) is 4.06. The maximum Gasteiger partial charge on any atom is 0.251 e. The number of hydrogen-bond acceptors (Lipinski definition) is 4. The van der Waals surface area contributed by atoms with Crippen LogP contribution in [0.15, 0.2) is 24.5 Å². The molecule has 1 aliphatic heterocycles. The number of carbonyl (C=O) groups excluding carboxylic acids is 1. The van der Waals surface area contributed by atoms with Gasteiger partial charge in [-0.05, 0) is 43.7 Å². The Balaban J connectivity index is 1.44. The van der Waals surface area contributed by atoms with Gasteiger partial charge in [-0.2, -0.15) is 5.10 Å². The number of aromatic amines is 1. The van der Waals surface area contributed by atoms with Crippen LogP contribution in [0.25, 0.3) is 0 Å². The normalized spacial score (nSPS) is 23.4. The van der Waals surface area contributed by atoms with Gasteiger partial charge in [-0.25, -0.2) is 4.98 Å². The zero-order chi connectivity index (χ0) is 16.5. The Morgan fingerprint density at radius 1 is 1.38 bits per heavy atom. The van der Waals surface area contributed by atoms with Crippen LogP contribution in [0.1, 0.15) is 58.6 Å². The Hall–Kier alpha value is -2.21. The molecule has 1 saturated heterocycles. The van der Waals surface area contributed by atoms with Crippen molar-refractivity contribution >= 4 is 5.91 Å². The van der Waals surface area contributed by atoms with Gasteiger partial charge in [-0.15, -0.1) is 0 Å². The molecule has 6 nitrogen and oxygen atoms in total. The number of amides is 1. The highest BCUT2D eigenvalue weighted by atomic mass is 16.5. The summed E-state index contributed by atoms with van der Waals surface area (Å²) in [5, 5.41) is 9.86. The second-order valence-electron chi connectivity index (χ2n) is 6.79. The molecule has 0 spiro atoms. The molecule has 0 radical (unpaired) electrons. The number of H-pyrrole nitrogens is 1. The summed E-state index contributed by atoms with van der Waals surface area (Å²) in [6.07, 6.45) is 4.66. The maximum atomic E-state index is 12.7. The van der Waals surface area contributed by atoms with Gasteiger partial charge in [0.25, 0.3) is 5.91 Å². The third-order valence-electron chi connectivity index (χ3n) is 4.91. The number of benzene rings is 1. The lowest BCUT2D eigenvalue weighted by Gasteiger charge is -2.17. The molecule has 0 bridgehead atoms. The monoisotopic (exact) mass is 326 g/mol. The van der Waals surface area contributed by atoms with E-state index >= 15 is 0 Å². The van der Waals surface area contributed by atoms with Gasteiger partial charge < -0.3 is 10.1 Å². The Bertz CT molecular complexity index is 725. The minimum atomic E-state index is -0.117. The average molecular weight is 326 g/mol. The summed E-state index contributed by atoms with van der Waals surface area (Å²) in [5.74, 6) is 1.53. The SMILES string of the molecule is Cc1ccc(C2CC2)c(C(=O)NC[C@@H]2CCO[C@@H]2c2ncn[nH]2)c1. The molecule has 0 unspecified atom stereocenters. The van der Waals surface area contributed by atoms with Crippen molar-refractivity contribution in [1.82, 2.24) is 20.5 Å². The summed E-state index contributed by atoms with van der Waals surface area (Å²) in [7, 11) is 0. The van der Waals surface area contributed by atoms with Gasteiger partial charge in [-0.3, -0.25) is 9.89 Å². The molecule has 1 aromatic heterocycles. The fourth-order valence-corrected chi connectivity index (χ4v) is 3.43. The molecule has 2 heterocycles. The lowest BCUT2D eigenvalue weighted by Crippen LogP contribution is -2.31. The van der Waals surface area contributed by atoms with Gasteiger partial charge in [0, 0.05) is 24.6 Å². The summed E-state index contributed by atoms with van der Waals surface area (Å²) in [4.78, 5) is 16.9. The summed E-state index contributed by atoms with van der Waals surface area (Å²) in [5.41, 5.74) is 3.13. The first kappa shape index (κ1) is 15.3. The predicted octanol–water partition coefficient (Wildman–Crippen LogP) is 2.50. The predicted molar refractivity (Wildman–Crippen MR) is 88.7 cm³/mol. The first-order valence-electron chi connectivity index (χ1n) is 8.58. The van der Waals surface area contributed by atoms with Crippen LogP contribution in [-0.2, 0) is 4.74 Å². The molecule has 24 heavy (non-hydrogen) atoms. The van der Waals surface area contributed by atoms with Crippen molar-refractivity contribution in [2.45, 2.75) is 38.2 Å². The van der Waals surface area contributed by atoms with E-state index in [1.807, 2.05) is 13.0 Å². The van der Waals surface area contributed by atoms with Crippen LogP contribution < -0.4 is 5.32 Å². The molecule has 2 fully saturated rings. The molecule has 1 amide bonds. The van der Waals surface area contributed by atoms with Crippen molar-refractivity contribution in [2.24, 2.45) is 5.92 Å². The van der Waals surface area contributed by atoms with Gasteiger partial charge in [0.15, 0.2) is 5.82 Å². The summed E-state index contributed by atoms with van der Waals surface area (Å²) in [6.45, 7) is 3.30. The topological polar surface area (TPSA) is 79.9 Å². The van der Waals surface area contributed by atoms with Crippen LogP contribution in [0.4, 0.5) is 0 Å². The molecular formula is C18H22N4O2. The van der Waals surface area contributed by atoms with E-state index in [0.29, 0.717) is 19.1 Å². The van der Waals surface area contributed by atoms with E-state index in [1.54, 1.807) is 0 Å². The van der Waals surface area contributed by atoms with Crippen molar-refractivity contribution in [3.8, 4) is 0 Å². The van der Waals surface area contributed by atoms with Gasteiger partial charge in [-0.1, -0.05) is 17.7 Å². The largest absolute Gasteiger partial charge is 0.370 e. The van der Waals surface area contributed by atoms with Crippen LogP contribution in [0.5, 0.6) is 0 Å². The van der Waals surface area contributed by atoms with E-state index in [0.717, 1.165) is 23.4 Å². The lowest BCUT2D eigenvalue weighted by atomic mass is 9.98. The highest BCUT2D eigenvalue weighted by Crippen LogP contribution is 2.42. The van der Waals surface area contributed by atoms with Crippen molar-refractivity contribution in [2.75, 3.05) is 13.2 Å². The van der Waals surface area contributed by atoms with E-state index in [-0.39, 0.29) is 17.9 Å². The van der Waals surface area contributed by atoms with E-state index in [1.165, 1.54) is 24.7 Å². The van der Waals surface area contributed by atoms with Crippen molar-refractivity contribution in [3.63, 3.8) is 0 Å². The van der Waals surface area contributed by atoms with Crippen LogP contribution >= 0.6 is 0 Å². The number of aryl methyl sites for hydroxylation is 1. The molecule has 2 atom stereocenters. The van der Waals surface area contributed by atoms with Gasteiger partial charge in [0.1, 0.15) is 12.4 Å². The molecule has 2 aromatic rings. The average Bonchev–Trinajstić information content (AvgIpc) is 3.09. The fraction of sp³-hybridized carbons (Fsp3) is 0.500. The minimum Gasteiger partial charge on any atom is -0.370 e. The van der Waals surface area contributed by atoms with E-state index in [9.17, 15) is 4.79 Å². The summed E-state index contributed by atoms with van der Waals surface area (Å²) in [6, 6.07) is 6.20. The highest BCUT2D eigenvalue weighted by Gasteiger charge is 2.33. The van der Waals surface area contributed by atoms with Gasteiger partial charge >= 0.3 is 0 Å². The summed E-state index contributed by atoms with van der Waals surface area (Å²) < 4.78 is 5.75. The third-order valence-corrected chi connectivity index (χ3v) is 4.91. The first-order chi connectivity index (χ1) is 11.7. The van der Waals surface area contributed by atoms with E-state index in [4.69, 9.17) is 4.74 Å². The van der Waals surface area contributed by atoms with Crippen LogP contribution in [0.2, 0.25) is 0 Å². The van der Waals surface area contributed by atoms with E-state index in [2.05, 4.69) is 32.6 Å². The van der Waals surface area contributed by atoms with Crippen molar-refractivity contribution in [3.05, 3.63) is 47.0 Å². The first-order valence-corrected chi connectivity index (χ1v) is 8.58. The van der Waals surface area contributed by atoms with Crippen LogP contribution in [-0.4, -0.2) is 34.2 Å². The molecule has 1 aromatic carbocycles. The fourth-order valence-electron chi connectivity index (χ4n) is 3.43. The minimum absolute atomic E-state index is 0.0174. The standard InChI is InChI=1S/C18H22N4O2/c1-11-2-5-14(12-3-4-12)15(8-11)18(23)19-9-13-6-7-24-16(13)17-20-10-21-22-17/h2,5,8,10,12-13,16H,3-4,6-7,9H2,1H3,(H,19,23)(H,20,21,22)/t13-,16-/m0/s1. The molecule has 2 N–H and O–H groups in total. The molecule has 4 rings (SSSR count). The molecule has 1 saturated carbocycles. The van der Waals surface area contributed by atoms with Crippen molar-refractivity contribution < 1.29 is 9.53 Å². The number of hydrogen-bond donors (Lipinski definition) is 2. The van der Waals surface area contributed by atoms with Crippen LogP contribution in [0, 0.1) is 12.8 Å². The number of carbonyl (C=O) groups is 1. The quantitative estimate of drug-likeness (QED) is 0.885. The van der Waals surface area contributed by atoms with Crippen LogP contribution in [0.3, 0.4) is 0 Å². The second kappa shape index (κ2) is 6.36.